The molecule has 2 aromatic rings. The molecule has 2 atom stereocenters. The third-order valence-corrected chi connectivity index (χ3v) is 7.00. The lowest BCUT2D eigenvalue weighted by Gasteiger charge is -2.35. The number of rotatable bonds is 3. The van der Waals surface area contributed by atoms with E-state index in [0.717, 1.165) is 6.07 Å². The van der Waals surface area contributed by atoms with E-state index in [2.05, 4.69) is 6.07 Å². The van der Waals surface area contributed by atoms with Crippen molar-refractivity contribution in [3.05, 3.63) is 75.9 Å². The van der Waals surface area contributed by atoms with Crippen molar-refractivity contribution < 1.29 is 35.5 Å². The normalized spacial score (nSPS) is 20.2. The number of benzene rings is 2. The standard InChI is InChI=1S/C26H21F7N2O/c1-2-3-15-12-17(4-5-18(15)14-34)23(36)35-11-10-21-20-8-7-19(13-16(20)6-9-22(21)35)24(27,25(28,29)30)26(31,32)33/h2-5,7-8,12-13,21-22H,6,9-11H2,1H3/b3-2+/t21-,22+/m0/s1. The predicted octanol–water partition coefficient (Wildman–Crippen LogP) is 6.83. The maximum Gasteiger partial charge on any atom is 0.435 e. The number of fused-ring (bicyclic) bond motifs is 3. The minimum atomic E-state index is -6.17. The Morgan fingerprint density at radius 2 is 1.72 bits per heavy atom. The fraction of sp³-hybridized carbons (Fsp3) is 0.385. The minimum Gasteiger partial charge on any atom is -0.335 e. The number of hydrogen-bond donors (Lipinski definition) is 0. The molecule has 0 unspecified atom stereocenters. The Hall–Kier alpha value is -3.35. The van der Waals surface area contributed by atoms with Crippen LogP contribution >= 0.6 is 0 Å². The van der Waals surface area contributed by atoms with Crippen LogP contribution in [0.5, 0.6) is 0 Å². The van der Waals surface area contributed by atoms with Crippen LogP contribution in [0.15, 0.2) is 42.5 Å². The number of alkyl halides is 7. The first-order valence-corrected chi connectivity index (χ1v) is 11.3. The molecule has 0 bridgehead atoms. The van der Waals surface area contributed by atoms with Crippen molar-refractivity contribution in [2.75, 3.05) is 6.54 Å². The molecule has 0 aromatic heterocycles. The van der Waals surface area contributed by atoms with Crippen molar-refractivity contribution in [1.82, 2.24) is 4.90 Å². The van der Waals surface area contributed by atoms with Crippen molar-refractivity contribution in [1.29, 1.82) is 5.26 Å². The van der Waals surface area contributed by atoms with E-state index >= 15 is 0 Å². The van der Waals surface area contributed by atoms with Gasteiger partial charge in [0.2, 0.25) is 0 Å². The van der Waals surface area contributed by atoms with E-state index in [1.807, 2.05) is 0 Å². The second-order valence-electron chi connectivity index (χ2n) is 8.98. The molecule has 0 spiro atoms. The van der Waals surface area contributed by atoms with E-state index in [1.165, 1.54) is 0 Å². The molecule has 2 aromatic carbocycles. The van der Waals surface area contributed by atoms with Crippen LogP contribution in [-0.4, -0.2) is 35.7 Å². The SMILES string of the molecule is C/C=C/c1cc(C(=O)N2CC[C@H]3c4ccc(C(F)(C(F)(F)F)C(F)(F)F)cc4CC[C@H]32)ccc1C#N. The van der Waals surface area contributed by atoms with E-state index < -0.39 is 23.6 Å². The Morgan fingerprint density at radius 3 is 2.33 bits per heavy atom. The van der Waals surface area contributed by atoms with Gasteiger partial charge in [0.15, 0.2) is 0 Å². The first-order chi connectivity index (χ1) is 16.8. The Kier molecular flexibility index (Phi) is 6.40. The highest BCUT2D eigenvalue weighted by molar-refractivity contribution is 5.95. The molecule has 1 heterocycles. The minimum absolute atomic E-state index is 0.108. The van der Waals surface area contributed by atoms with Gasteiger partial charge in [-0.05, 0) is 61.1 Å². The predicted molar refractivity (Wildman–Crippen MR) is 118 cm³/mol. The molecule has 1 aliphatic carbocycles. The smallest absolute Gasteiger partial charge is 0.335 e. The fourth-order valence-electron chi connectivity index (χ4n) is 5.30. The molecule has 1 aliphatic heterocycles. The summed E-state index contributed by atoms with van der Waals surface area (Å²) in [6.07, 6.45) is -7.98. The van der Waals surface area contributed by atoms with Crippen molar-refractivity contribution in [3.8, 4) is 6.07 Å². The molecule has 0 radical (unpaired) electrons. The summed E-state index contributed by atoms with van der Waals surface area (Å²) in [4.78, 5) is 15.0. The average molecular weight is 510 g/mol. The molecular weight excluding hydrogens is 489 g/mol. The van der Waals surface area contributed by atoms with Gasteiger partial charge in [-0.3, -0.25) is 4.79 Å². The number of halogens is 7. The number of amides is 1. The zero-order chi connectivity index (χ0) is 26.5. The molecule has 1 saturated heterocycles. The number of allylic oxidation sites excluding steroid dienone is 1. The monoisotopic (exact) mass is 510 g/mol. The lowest BCUT2D eigenvalue weighted by Crippen LogP contribution is -2.50. The molecule has 2 aliphatic rings. The zero-order valence-corrected chi connectivity index (χ0v) is 19.1. The van der Waals surface area contributed by atoms with E-state index in [9.17, 15) is 40.8 Å². The summed E-state index contributed by atoms with van der Waals surface area (Å²) < 4.78 is 93.7. The summed E-state index contributed by atoms with van der Waals surface area (Å²) in [7, 11) is 0. The summed E-state index contributed by atoms with van der Waals surface area (Å²) in [6, 6.07) is 8.85. The van der Waals surface area contributed by atoms with Gasteiger partial charge in [-0.15, -0.1) is 0 Å². The third-order valence-electron chi connectivity index (χ3n) is 7.00. The van der Waals surface area contributed by atoms with Crippen LogP contribution in [0, 0.1) is 11.3 Å². The highest BCUT2D eigenvalue weighted by Gasteiger charge is 2.73. The number of nitrogens with zero attached hydrogens (tertiary/aromatic N) is 2. The summed E-state index contributed by atoms with van der Waals surface area (Å²) >= 11 is 0. The van der Waals surface area contributed by atoms with Gasteiger partial charge in [-0.2, -0.15) is 31.6 Å². The summed E-state index contributed by atoms with van der Waals surface area (Å²) in [5, 5.41) is 9.26. The molecule has 190 valence electrons. The number of likely N-dealkylation sites (tertiary alicyclic amines) is 1. The quantitative estimate of drug-likeness (QED) is 0.425. The van der Waals surface area contributed by atoms with Gasteiger partial charge < -0.3 is 4.90 Å². The van der Waals surface area contributed by atoms with Gasteiger partial charge in [0.1, 0.15) is 0 Å². The van der Waals surface area contributed by atoms with E-state index in [1.54, 1.807) is 42.2 Å². The fourth-order valence-corrected chi connectivity index (χ4v) is 5.30. The van der Waals surface area contributed by atoms with Gasteiger partial charge >= 0.3 is 18.0 Å². The van der Waals surface area contributed by atoms with E-state index in [-0.39, 0.29) is 29.9 Å². The number of carbonyl (C=O) groups is 1. The van der Waals surface area contributed by atoms with Crippen molar-refractivity contribution >= 4 is 12.0 Å². The van der Waals surface area contributed by atoms with Crippen LogP contribution in [-0.2, 0) is 12.1 Å². The lowest BCUT2D eigenvalue weighted by atomic mass is 9.77. The number of hydrogen-bond acceptors (Lipinski definition) is 2. The Morgan fingerprint density at radius 1 is 1.03 bits per heavy atom. The topological polar surface area (TPSA) is 44.1 Å². The van der Waals surface area contributed by atoms with Gasteiger partial charge in [0, 0.05) is 29.6 Å². The molecule has 1 fully saturated rings. The molecule has 1 amide bonds. The second kappa shape index (κ2) is 8.95. The maximum absolute atomic E-state index is 14.5. The largest absolute Gasteiger partial charge is 0.435 e. The molecule has 4 rings (SSSR count). The molecule has 0 saturated carbocycles. The number of nitriles is 1. The molecule has 10 heteroatoms. The zero-order valence-electron chi connectivity index (χ0n) is 19.1. The lowest BCUT2D eigenvalue weighted by molar-refractivity contribution is -0.348. The van der Waals surface area contributed by atoms with Crippen molar-refractivity contribution in [2.24, 2.45) is 0 Å². The highest BCUT2D eigenvalue weighted by atomic mass is 19.4. The van der Waals surface area contributed by atoms with Crippen LogP contribution in [0.2, 0.25) is 0 Å². The molecular formula is C26H21F7N2O. The van der Waals surface area contributed by atoms with Crippen LogP contribution in [0.25, 0.3) is 6.08 Å². The first-order valence-electron chi connectivity index (χ1n) is 11.3. The van der Waals surface area contributed by atoms with Gasteiger partial charge in [0.25, 0.3) is 5.91 Å². The van der Waals surface area contributed by atoms with Crippen LogP contribution in [0.3, 0.4) is 0 Å². The van der Waals surface area contributed by atoms with Crippen molar-refractivity contribution in [3.63, 3.8) is 0 Å². The van der Waals surface area contributed by atoms with Gasteiger partial charge in [-0.25, -0.2) is 4.39 Å². The second-order valence-corrected chi connectivity index (χ2v) is 8.98. The van der Waals surface area contributed by atoms with Crippen LogP contribution in [0.4, 0.5) is 30.7 Å². The van der Waals surface area contributed by atoms with Crippen LogP contribution in [0.1, 0.15) is 63.9 Å². The number of aryl methyl sites for hydroxylation is 1. The maximum atomic E-state index is 14.5. The highest BCUT2D eigenvalue weighted by Crippen LogP contribution is 2.54. The molecule has 3 nitrogen and oxygen atoms in total. The Labute approximate surface area is 202 Å². The molecule has 0 N–H and O–H groups in total. The van der Waals surface area contributed by atoms with Gasteiger partial charge in [0.05, 0.1) is 11.6 Å². The van der Waals surface area contributed by atoms with Gasteiger partial charge in [-0.1, -0.05) is 30.4 Å². The summed E-state index contributed by atoms with van der Waals surface area (Å²) in [6.45, 7) is 2.13. The van der Waals surface area contributed by atoms with E-state index in [0.29, 0.717) is 53.8 Å². The average Bonchev–Trinajstić information content (AvgIpc) is 3.26. The first kappa shape index (κ1) is 25.7. The Bertz CT molecular complexity index is 1240. The van der Waals surface area contributed by atoms with Crippen molar-refractivity contribution in [2.45, 2.75) is 56.2 Å². The number of carbonyl (C=O) groups excluding carboxylic acids is 1. The third kappa shape index (κ3) is 4.04. The molecule has 36 heavy (non-hydrogen) atoms. The summed E-state index contributed by atoms with van der Waals surface area (Å²) in [5.74, 6) is -0.555. The van der Waals surface area contributed by atoms with E-state index in [4.69, 9.17) is 0 Å². The summed E-state index contributed by atoms with van der Waals surface area (Å²) in [5.41, 5.74) is -4.82. The Balaban J connectivity index is 1.64. The van der Waals surface area contributed by atoms with Crippen LogP contribution < -0.4 is 0 Å².